The third-order valence-electron chi connectivity index (χ3n) is 2.07. The number of hydrogen-bond acceptors (Lipinski definition) is 4. The molecule has 7 heteroatoms. The van der Waals surface area contributed by atoms with Crippen molar-refractivity contribution >= 4 is 27.9 Å². The zero-order valence-corrected chi connectivity index (χ0v) is 13.3. The number of rotatable bonds is 4. The second-order valence-corrected chi connectivity index (χ2v) is 5.87. The molecule has 0 spiro atoms. The summed E-state index contributed by atoms with van der Waals surface area (Å²) in [5.74, 6) is -0.240. The van der Waals surface area contributed by atoms with E-state index in [9.17, 15) is 9.59 Å². The SMILES string of the molecule is CC(C)(C)OC(=O)NCCNC(=O)c1ccc(Br)nc1. The molecule has 1 aromatic rings. The first kappa shape index (κ1) is 16.4. The van der Waals surface area contributed by atoms with Gasteiger partial charge in [-0.2, -0.15) is 0 Å². The van der Waals surface area contributed by atoms with Gasteiger partial charge in [0, 0.05) is 19.3 Å². The van der Waals surface area contributed by atoms with Gasteiger partial charge in [-0.3, -0.25) is 4.79 Å². The minimum atomic E-state index is -0.531. The highest BCUT2D eigenvalue weighted by Gasteiger charge is 2.15. The van der Waals surface area contributed by atoms with Crippen LogP contribution in [0.2, 0.25) is 0 Å². The number of hydrogen-bond donors (Lipinski definition) is 2. The highest BCUT2D eigenvalue weighted by molar-refractivity contribution is 9.10. The van der Waals surface area contributed by atoms with Gasteiger partial charge >= 0.3 is 6.09 Å². The number of halogens is 1. The molecule has 1 heterocycles. The van der Waals surface area contributed by atoms with Crippen LogP contribution in [0.5, 0.6) is 0 Å². The molecule has 0 aromatic carbocycles. The molecule has 0 atom stereocenters. The van der Waals surface area contributed by atoms with Gasteiger partial charge in [0.05, 0.1) is 5.56 Å². The lowest BCUT2D eigenvalue weighted by molar-refractivity contribution is 0.0526. The van der Waals surface area contributed by atoms with Crippen LogP contribution in [0.25, 0.3) is 0 Å². The fourth-order valence-electron chi connectivity index (χ4n) is 1.27. The van der Waals surface area contributed by atoms with Gasteiger partial charge in [0.15, 0.2) is 0 Å². The van der Waals surface area contributed by atoms with Crippen molar-refractivity contribution in [3.8, 4) is 0 Å². The van der Waals surface area contributed by atoms with Gasteiger partial charge < -0.3 is 15.4 Å². The maximum atomic E-state index is 11.7. The highest BCUT2D eigenvalue weighted by Crippen LogP contribution is 2.06. The van der Waals surface area contributed by atoms with Crippen molar-refractivity contribution in [2.24, 2.45) is 0 Å². The second kappa shape index (κ2) is 7.23. The molecule has 0 bridgehead atoms. The zero-order valence-electron chi connectivity index (χ0n) is 11.7. The minimum Gasteiger partial charge on any atom is -0.444 e. The maximum absolute atomic E-state index is 11.7. The Morgan fingerprint density at radius 1 is 1.25 bits per heavy atom. The van der Waals surface area contributed by atoms with Gasteiger partial charge in [0.25, 0.3) is 5.91 Å². The summed E-state index contributed by atoms with van der Waals surface area (Å²) in [7, 11) is 0. The molecule has 0 saturated carbocycles. The fraction of sp³-hybridized carbons (Fsp3) is 0.462. The second-order valence-electron chi connectivity index (χ2n) is 5.05. The van der Waals surface area contributed by atoms with Gasteiger partial charge in [0.1, 0.15) is 10.2 Å². The fourth-order valence-corrected chi connectivity index (χ4v) is 1.50. The lowest BCUT2D eigenvalue weighted by Crippen LogP contribution is -2.37. The number of carbonyl (C=O) groups is 2. The van der Waals surface area contributed by atoms with Crippen LogP contribution in [-0.4, -0.2) is 35.7 Å². The van der Waals surface area contributed by atoms with Crippen LogP contribution in [0.3, 0.4) is 0 Å². The van der Waals surface area contributed by atoms with E-state index in [1.165, 1.54) is 6.20 Å². The standard InChI is InChI=1S/C13H18BrN3O3/c1-13(2,3)20-12(19)16-7-6-15-11(18)9-4-5-10(14)17-8-9/h4-5,8H,6-7H2,1-3H3,(H,15,18)(H,16,19). The van der Waals surface area contributed by atoms with E-state index in [0.717, 1.165) is 0 Å². The normalized spacial score (nSPS) is 10.8. The van der Waals surface area contributed by atoms with E-state index in [1.807, 2.05) is 0 Å². The summed E-state index contributed by atoms with van der Waals surface area (Å²) >= 11 is 3.19. The smallest absolute Gasteiger partial charge is 0.407 e. The lowest BCUT2D eigenvalue weighted by Gasteiger charge is -2.19. The van der Waals surface area contributed by atoms with Crippen molar-refractivity contribution < 1.29 is 14.3 Å². The molecule has 0 unspecified atom stereocenters. The number of aromatic nitrogens is 1. The number of ether oxygens (including phenoxy) is 1. The van der Waals surface area contributed by atoms with E-state index in [4.69, 9.17) is 4.74 Å². The van der Waals surface area contributed by atoms with E-state index >= 15 is 0 Å². The molecule has 0 radical (unpaired) electrons. The molecular formula is C13H18BrN3O3. The molecule has 1 aromatic heterocycles. The molecule has 0 fully saturated rings. The van der Waals surface area contributed by atoms with Crippen molar-refractivity contribution in [2.75, 3.05) is 13.1 Å². The first-order chi connectivity index (χ1) is 9.28. The molecule has 2 amide bonds. The summed E-state index contributed by atoms with van der Waals surface area (Å²) in [6, 6.07) is 3.35. The van der Waals surface area contributed by atoms with E-state index in [1.54, 1.807) is 32.9 Å². The van der Waals surface area contributed by atoms with Crippen LogP contribution in [0.1, 0.15) is 31.1 Å². The van der Waals surface area contributed by atoms with Gasteiger partial charge in [-0.25, -0.2) is 9.78 Å². The van der Waals surface area contributed by atoms with Crippen molar-refractivity contribution in [3.63, 3.8) is 0 Å². The average Bonchev–Trinajstić information content (AvgIpc) is 2.33. The summed E-state index contributed by atoms with van der Waals surface area (Å²) in [6.45, 7) is 5.97. The minimum absolute atomic E-state index is 0.240. The van der Waals surface area contributed by atoms with Gasteiger partial charge in [-0.15, -0.1) is 0 Å². The summed E-state index contributed by atoms with van der Waals surface area (Å²) < 4.78 is 5.73. The van der Waals surface area contributed by atoms with Crippen LogP contribution in [-0.2, 0) is 4.74 Å². The van der Waals surface area contributed by atoms with E-state index < -0.39 is 11.7 Å². The third kappa shape index (κ3) is 6.51. The number of carbonyl (C=O) groups excluding carboxylic acids is 2. The van der Waals surface area contributed by atoms with Gasteiger partial charge in [-0.1, -0.05) is 0 Å². The highest BCUT2D eigenvalue weighted by atomic mass is 79.9. The van der Waals surface area contributed by atoms with Crippen LogP contribution in [0, 0.1) is 0 Å². The Kier molecular flexibility index (Phi) is 5.94. The molecule has 20 heavy (non-hydrogen) atoms. The predicted octanol–water partition coefficient (Wildman–Crippen LogP) is 2.10. The van der Waals surface area contributed by atoms with Crippen LogP contribution in [0.15, 0.2) is 22.9 Å². The topological polar surface area (TPSA) is 80.3 Å². The molecule has 110 valence electrons. The van der Waals surface area contributed by atoms with Crippen LogP contribution >= 0.6 is 15.9 Å². The molecule has 0 saturated heterocycles. The average molecular weight is 344 g/mol. The Morgan fingerprint density at radius 2 is 1.90 bits per heavy atom. The first-order valence-electron chi connectivity index (χ1n) is 6.14. The maximum Gasteiger partial charge on any atom is 0.407 e. The molecule has 0 aliphatic heterocycles. The Bertz CT molecular complexity index is 469. The van der Waals surface area contributed by atoms with Crippen molar-refractivity contribution in [1.82, 2.24) is 15.6 Å². The molecule has 2 N–H and O–H groups in total. The lowest BCUT2D eigenvalue weighted by atomic mass is 10.2. The van der Waals surface area contributed by atoms with E-state index in [0.29, 0.717) is 23.3 Å². The largest absolute Gasteiger partial charge is 0.444 e. The van der Waals surface area contributed by atoms with E-state index in [-0.39, 0.29) is 5.91 Å². The number of alkyl carbamates (subject to hydrolysis) is 1. The van der Waals surface area contributed by atoms with E-state index in [2.05, 4.69) is 31.5 Å². The van der Waals surface area contributed by atoms with Gasteiger partial charge in [-0.05, 0) is 48.8 Å². The van der Waals surface area contributed by atoms with Crippen LogP contribution in [0.4, 0.5) is 4.79 Å². The Labute approximate surface area is 126 Å². The third-order valence-corrected chi connectivity index (χ3v) is 2.54. The molecular weight excluding hydrogens is 326 g/mol. The number of nitrogens with zero attached hydrogens (tertiary/aromatic N) is 1. The summed E-state index contributed by atoms with van der Waals surface area (Å²) in [4.78, 5) is 27.0. The van der Waals surface area contributed by atoms with Gasteiger partial charge in [0.2, 0.25) is 0 Å². The number of nitrogens with one attached hydrogen (secondary N) is 2. The molecule has 1 rings (SSSR count). The summed E-state index contributed by atoms with van der Waals surface area (Å²) in [6.07, 6.45) is 0.970. The predicted molar refractivity (Wildman–Crippen MR) is 78.5 cm³/mol. The van der Waals surface area contributed by atoms with Crippen LogP contribution < -0.4 is 10.6 Å². The quantitative estimate of drug-likeness (QED) is 0.648. The van der Waals surface area contributed by atoms with Crippen molar-refractivity contribution in [1.29, 1.82) is 0 Å². The summed E-state index contributed by atoms with van der Waals surface area (Å²) in [5.41, 5.74) is -0.0679. The molecule has 0 aliphatic rings. The summed E-state index contributed by atoms with van der Waals surface area (Å²) in [5, 5.41) is 5.23. The van der Waals surface area contributed by atoms with Crippen molar-refractivity contribution in [2.45, 2.75) is 26.4 Å². The Morgan fingerprint density at radius 3 is 2.45 bits per heavy atom. The van der Waals surface area contributed by atoms with Crippen molar-refractivity contribution in [3.05, 3.63) is 28.5 Å². The zero-order chi connectivity index (χ0) is 15.2. The molecule has 0 aliphatic carbocycles. The Balaban J connectivity index is 2.26. The monoisotopic (exact) mass is 343 g/mol. The molecule has 6 nitrogen and oxygen atoms in total. The Hall–Kier alpha value is -1.63. The number of pyridine rings is 1. The number of amides is 2. The first-order valence-corrected chi connectivity index (χ1v) is 6.94.